The van der Waals surface area contributed by atoms with Crippen LogP contribution in [0.5, 0.6) is 5.75 Å². The van der Waals surface area contributed by atoms with E-state index in [4.69, 9.17) is 39.5 Å². The summed E-state index contributed by atoms with van der Waals surface area (Å²) < 4.78 is 4.44. The molecule has 1 saturated heterocycles. The fraction of sp³-hybridized carbons (Fsp3) is 0.500. The number of fused-ring (bicyclic) bond motifs is 1. The van der Waals surface area contributed by atoms with Crippen molar-refractivity contribution in [1.82, 2.24) is 9.88 Å². The van der Waals surface area contributed by atoms with Crippen LogP contribution in [0.25, 0.3) is 10.9 Å². The molecule has 1 aliphatic rings. The van der Waals surface area contributed by atoms with Crippen LogP contribution in [-0.4, -0.2) is 36.1 Å². The van der Waals surface area contributed by atoms with Gasteiger partial charge in [0, 0.05) is 18.0 Å². The summed E-state index contributed by atoms with van der Waals surface area (Å²) in [6.07, 6.45) is 4.96. The van der Waals surface area contributed by atoms with Crippen LogP contribution in [0.15, 0.2) is 30.3 Å². The van der Waals surface area contributed by atoms with Crippen molar-refractivity contribution in [3.8, 4) is 5.75 Å². The number of nitrogens with zero attached hydrogens (tertiary/aromatic N) is 2. The molecule has 1 aromatic heterocycles. The van der Waals surface area contributed by atoms with E-state index in [-0.39, 0.29) is 0 Å². The largest absolute Gasteiger partial charge is 0.493 e. The van der Waals surface area contributed by atoms with Gasteiger partial charge in [-0.1, -0.05) is 53.4 Å². The smallest absolute Gasteiger partial charge is 0.232 e. The second-order valence-corrected chi connectivity index (χ2v) is 8.41. The third kappa shape index (κ3) is 4.66. The number of rotatable bonds is 5. The van der Waals surface area contributed by atoms with Gasteiger partial charge in [-0.05, 0) is 44.5 Å². The zero-order valence-corrected chi connectivity index (χ0v) is 15.7. The van der Waals surface area contributed by atoms with Crippen LogP contribution >= 0.6 is 34.8 Å². The van der Waals surface area contributed by atoms with E-state index in [0.717, 1.165) is 29.6 Å². The van der Waals surface area contributed by atoms with Gasteiger partial charge in [-0.2, -0.15) is 0 Å². The minimum atomic E-state index is -1.56. The molecule has 0 saturated carbocycles. The Morgan fingerprint density at radius 3 is 2.58 bits per heavy atom. The van der Waals surface area contributed by atoms with Crippen LogP contribution in [0.1, 0.15) is 31.4 Å². The van der Waals surface area contributed by atoms with Crippen LogP contribution in [0, 0.1) is 0 Å². The molecule has 0 atom stereocenters. The number of halogens is 3. The number of para-hydroxylation sites is 1. The number of benzene rings is 1. The number of hydrogen-bond donors (Lipinski definition) is 0. The van der Waals surface area contributed by atoms with Crippen LogP contribution in [-0.2, 0) is 3.79 Å². The molecule has 3 nitrogen and oxygen atoms in total. The molecule has 1 aliphatic heterocycles. The molecule has 1 fully saturated rings. The molecule has 0 aliphatic carbocycles. The lowest BCUT2D eigenvalue weighted by atomic mass is 10.1. The molecule has 0 bridgehead atoms. The Morgan fingerprint density at radius 2 is 1.83 bits per heavy atom. The average molecular weight is 388 g/mol. The van der Waals surface area contributed by atoms with Gasteiger partial charge in [0.2, 0.25) is 3.79 Å². The van der Waals surface area contributed by atoms with Gasteiger partial charge in [0.15, 0.2) is 0 Å². The fourth-order valence-corrected chi connectivity index (χ4v) is 3.35. The molecule has 0 spiro atoms. The summed E-state index contributed by atoms with van der Waals surface area (Å²) in [5.41, 5.74) is 1.16. The van der Waals surface area contributed by atoms with Gasteiger partial charge >= 0.3 is 0 Å². The van der Waals surface area contributed by atoms with Gasteiger partial charge in [0.05, 0.1) is 17.8 Å². The maximum absolute atomic E-state index is 6.00. The van der Waals surface area contributed by atoms with Gasteiger partial charge in [-0.25, -0.2) is 4.98 Å². The molecule has 2 aromatic rings. The zero-order chi connectivity index (χ0) is 17.0. The number of piperidine rings is 1. The van der Waals surface area contributed by atoms with Gasteiger partial charge in [-0.15, -0.1) is 0 Å². The minimum Gasteiger partial charge on any atom is -0.493 e. The highest BCUT2D eigenvalue weighted by Crippen LogP contribution is 2.40. The Labute approximate surface area is 157 Å². The topological polar surface area (TPSA) is 25.4 Å². The summed E-state index contributed by atoms with van der Waals surface area (Å²) in [7, 11) is 0. The van der Waals surface area contributed by atoms with Crippen molar-refractivity contribution in [1.29, 1.82) is 0 Å². The van der Waals surface area contributed by atoms with Crippen molar-refractivity contribution in [2.24, 2.45) is 0 Å². The normalized spacial score (nSPS) is 16.5. The Balaban J connectivity index is 1.68. The van der Waals surface area contributed by atoms with E-state index in [1.807, 2.05) is 24.3 Å². The maximum Gasteiger partial charge on any atom is 0.232 e. The lowest BCUT2D eigenvalue weighted by Crippen LogP contribution is -2.31. The summed E-state index contributed by atoms with van der Waals surface area (Å²) in [6, 6.07) is 9.48. The van der Waals surface area contributed by atoms with E-state index >= 15 is 0 Å². The van der Waals surface area contributed by atoms with Crippen LogP contribution in [0.4, 0.5) is 0 Å². The number of pyridine rings is 1. The van der Waals surface area contributed by atoms with Gasteiger partial charge in [0.25, 0.3) is 0 Å². The first kappa shape index (κ1) is 18.1. The van der Waals surface area contributed by atoms with Gasteiger partial charge < -0.3 is 9.64 Å². The van der Waals surface area contributed by atoms with E-state index in [1.54, 1.807) is 6.07 Å². The first-order chi connectivity index (χ1) is 11.5. The van der Waals surface area contributed by atoms with Crippen molar-refractivity contribution < 1.29 is 4.74 Å². The van der Waals surface area contributed by atoms with E-state index in [2.05, 4.69) is 9.88 Å². The molecule has 6 heteroatoms. The summed E-state index contributed by atoms with van der Waals surface area (Å²) in [4.78, 5) is 6.93. The van der Waals surface area contributed by atoms with Crippen LogP contribution in [0.3, 0.4) is 0 Å². The van der Waals surface area contributed by atoms with Crippen molar-refractivity contribution in [2.75, 3.05) is 26.2 Å². The quantitative estimate of drug-likeness (QED) is 0.513. The lowest BCUT2D eigenvalue weighted by Gasteiger charge is -2.26. The van der Waals surface area contributed by atoms with Gasteiger partial charge in [0.1, 0.15) is 5.75 Å². The van der Waals surface area contributed by atoms with E-state index < -0.39 is 3.79 Å². The minimum absolute atomic E-state index is 0.386. The molecule has 130 valence electrons. The number of hydrogen-bond acceptors (Lipinski definition) is 3. The molecule has 24 heavy (non-hydrogen) atoms. The lowest BCUT2D eigenvalue weighted by molar-refractivity contribution is 0.205. The summed E-state index contributed by atoms with van der Waals surface area (Å²) >= 11 is 18.0. The van der Waals surface area contributed by atoms with Crippen LogP contribution < -0.4 is 4.74 Å². The second kappa shape index (κ2) is 8.09. The summed E-state index contributed by atoms with van der Waals surface area (Å²) in [5, 5.41) is 0.938. The Kier molecular flexibility index (Phi) is 6.09. The van der Waals surface area contributed by atoms with Crippen molar-refractivity contribution in [3.05, 3.63) is 36.0 Å². The van der Waals surface area contributed by atoms with E-state index in [9.17, 15) is 0 Å². The highest BCUT2D eigenvalue weighted by molar-refractivity contribution is 6.66. The van der Waals surface area contributed by atoms with Crippen molar-refractivity contribution in [2.45, 2.75) is 29.5 Å². The maximum atomic E-state index is 6.00. The second-order valence-electron chi connectivity index (χ2n) is 6.12. The SMILES string of the molecule is ClC(Cl)(Cl)c1cc(OCCCN2CCCCC2)c2ccccc2n1. The van der Waals surface area contributed by atoms with E-state index in [1.165, 1.54) is 32.4 Å². The van der Waals surface area contributed by atoms with E-state index in [0.29, 0.717) is 12.3 Å². The third-order valence-electron chi connectivity index (χ3n) is 4.29. The highest BCUT2D eigenvalue weighted by atomic mass is 35.6. The van der Waals surface area contributed by atoms with Crippen molar-refractivity contribution in [3.63, 3.8) is 0 Å². The third-order valence-corrected chi connectivity index (χ3v) is 4.87. The van der Waals surface area contributed by atoms with Crippen molar-refractivity contribution >= 4 is 45.7 Å². The molecule has 0 amide bonds. The average Bonchev–Trinajstić information content (AvgIpc) is 2.58. The zero-order valence-electron chi connectivity index (χ0n) is 13.5. The predicted molar refractivity (Wildman–Crippen MR) is 101 cm³/mol. The molecule has 1 aromatic carbocycles. The molecule has 2 heterocycles. The molecular formula is C18H21Cl3N2O. The van der Waals surface area contributed by atoms with Gasteiger partial charge in [-0.3, -0.25) is 0 Å². The number of likely N-dealkylation sites (tertiary alicyclic amines) is 1. The molecule has 0 radical (unpaired) electrons. The molecule has 3 rings (SSSR count). The standard InChI is InChI=1S/C18H21Cl3N2O/c19-18(20,21)17-13-16(14-7-2-3-8-15(14)22-17)24-12-6-11-23-9-4-1-5-10-23/h2-3,7-8,13H,1,4-6,9-12H2. The summed E-state index contributed by atoms with van der Waals surface area (Å²) in [5.74, 6) is 0.723. The number of aromatic nitrogens is 1. The highest BCUT2D eigenvalue weighted by Gasteiger charge is 2.26. The Bertz CT molecular complexity index is 682. The molecular weight excluding hydrogens is 367 g/mol. The molecule has 0 N–H and O–H groups in total. The summed E-state index contributed by atoms with van der Waals surface area (Å²) in [6.45, 7) is 4.12. The fourth-order valence-electron chi connectivity index (χ4n) is 3.06. The monoisotopic (exact) mass is 386 g/mol. The Morgan fingerprint density at radius 1 is 1.08 bits per heavy atom. The number of ether oxygens (including phenoxy) is 1. The molecule has 0 unspecified atom stereocenters. The Hall–Kier alpha value is -0.740. The first-order valence-electron chi connectivity index (χ1n) is 8.36. The number of alkyl halides is 3. The van der Waals surface area contributed by atoms with Crippen LogP contribution in [0.2, 0.25) is 0 Å². The first-order valence-corrected chi connectivity index (χ1v) is 9.49. The predicted octanol–water partition coefficient (Wildman–Crippen LogP) is 5.32.